The normalized spacial score (nSPS) is 14.7. The monoisotopic (exact) mass is 469 g/mol. The Morgan fingerprint density at radius 1 is 1.03 bits per heavy atom. The van der Waals surface area contributed by atoms with Crippen LogP contribution < -0.4 is 10.6 Å². The molecule has 0 bridgehead atoms. The molecule has 1 aliphatic heterocycles. The van der Waals surface area contributed by atoms with Crippen LogP contribution in [-0.2, 0) is 22.6 Å². The molecule has 1 aliphatic rings. The van der Waals surface area contributed by atoms with Crippen LogP contribution in [0.3, 0.4) is 0 Å². The third kappa shape index (κ3) is 5.58. The molecule has 0 radical (unpaired) electrons. The number of hydrogen-bond acceptors (Lipinski definition) is 5. The van der Waals surface area contributed by atoms with Crippen LogP contribution in [0.1, 0.15) is 57.7 Å². The molecule has 0 fully saturated rings. The number of carbonyl (C=O) groups is 3. The molecule has 184 valence electrons. The number of amides is 3. The largest absolute Gasteiger partial charge is 0.444 e. The molecule has 0 aliphatic carbocycles. The highest BCUT2D eigenvalue weighted by Crippen LogP contribution is 2.28. The van der Waals surface area contributed by atoms with Gasteiger partial charge >= 0.3 is 6.09 Å². The molecule has 1 aromatic heterocycles. The topological polar surface area (TPSA) is 106 Å². The van der Waals surface area contributed by atoms with Gasteiger partial charge in [-0.2, -0.15) is 0 Å². The van der Waals surface area contributed by atoms with Crippen molar-refractivity contribution in [2.45, 2.75) is 66.3 Å². The van der Waals surface area contributed by atoms with Gasteiger partial charge in [-0.15, -0.1) is 0 Å². The lowest BCUT2D eigenvalue weighted by molar-refractivity contribution is -0.124. The van der Waals surface area contributed by atoms with Crippen molar-refractivity contribution in [1.29, 1.82) is 0 Å². The maximum absolute atomic E-state index is 13.4. The Bertz CT molecular complexity index is 1060. The lowest BCUT2D eigenvalue weighted by Gasteiger charge is -2.32. The fraction of sp³-hybridized carbons (Fsp3) is 0.520. The van der Waals surface area contributed by atoms with E-state index in [1.54, 1.807) is 4.90 Å². The number of likely N-dealkylation sites (N-methyl/N-ethyl adjacent to an activating group) is 1. The van der Waals surface area contributed by atoms with Crippen LogP contribution in [0.25, 0.3) is 11.4 Å². The molecule has 9 heteroatoms. The number of hydrogen-bond donors (Lipinski definition) is 2. The van der Waals surface area contributed by atoms with Crippen molar-refractivity contribution in [2.24, 2.45) is 5.41 Å². The van der Waals surface area contributed by atoms with Gasteiger partial charge in [0.05, 0.1) is 12.2 Å². The van der Waals surface area contributed by atoms with E-state index in [0.717, 1.165) is 5.56 Å². The summed E-state index contributed by atoms with van der Waals surface area (Å²) in [5.74, 6) is -0.0927. The van der Waals surface area contributed by atoms with Crippen LogP contribution in [0.4, 0.5) is 4.79 Å². The Hall–Kier alpha value is -3.36. The summed E-state index contributed by atoms with van der Waals surface area (Å²) in [5, 5.41) is 5.48. The Labute approximate surface area is 200 Å². The molecule has 0 saturated heterocycles. The lowest BCUT2D eigenvalue weighted by Crippen LogP contribution is -2.53. The molecule has 9 nitrogen and oxygen atoms in total. The predicted octanol–water partition coefficient (Wildman–Crippen LogP) is 3.19. The van der Waals surface area contributed by atoms with Crippen molar-refractivity contribution >= 4 is 17.9 Å². The van der Waals surface area contributed by atoms with Gasteiger partial charge in [0.2, 0.25) is 5.91 Å². The standard InChI is InChI=1S/C25H35N5O4/c1-24(2,3)19(22(32)26-7)28-21(31)18-17-15-29(23(33)34-25(4,5)6)13-14-30(17)20(27-18)16-11-9-8-10-12-16/h8-12,19H,13-15H2,1-7H3,(H,26,32)(H,28,31). The van der Waals surface area contributed by atoms with Crippen LogP contribution >= 0.6 is 0 Å². The first-order valence-electron chi connectivity index (χ1n) is 11.5. The number of imidazole rings is 1. The van der Waals surface area contributed by atoms with Gasteiger partial charge in [-0.25, -0.2) is 9.78 Å². The molecule has 1 unspecified atom stereocenters. The molecule has 1 atom stereocenters. The number of rotatable bonds is 4. The lowest BCUT2D eigenvalue weighted by atomic mass is 9.86. The second kappa shape index (κ2) is 9.48. The summed E-state index contributed by atoms with van der Waals surface area (Å²) in [6, 6.07) is 8.84. The summed E-state index contributed by atoms with van der Waals surface area (Å²) in [4.78, 5) is 44.9. The van der Waals surface area contributed by atoms with E-state index in [4.69, 9.17) is 9.72 Å². The number of nitrogens with zero attached hydrogens (tertiary/aromatic N) is 3. The first-order valence-corrected chi connectivity index (χ1v) is 11.5. The van der Waals surface area contributed by atoms with E-state index >= 15 is 0 Å². The van der Waals surface area contributed by atoms with Crippen molar-refractivity contribution in [3.63, 3.8) is 0 Å². The zero-order valence-corrected chi connectivity index (χ0v) is 21.1. The van der Waals surface area contributed by atoms with Crippen LogP contribution in [0.5, 0.6) is 0 Å². The fourth-order valence-electron chi connectivity index (χ4n) is 3.86. The molecule has 0 saturated carbocycles. The van der Waals surface area contributed by atoms with Gasteiger partial charge in [0.1, 0.15) is 17.5 Å². The quantitative estimate of drug-likeness (QED) is 0.715. The van der Waals surface area contributed by atoms with Crippen molar-refractivity contribution < 1.29 is 19.1 Å². The van der Waals surface area contributed by atoms with Gasteiger partial charge < -0.3 is 24.8 Å². The highest BCUT2D eigenvalue weighted by molar-refractivity contribution is 5.98. The fourth-order valence-corrected chi connectivity index (χ4v) is 3.86. The van der Waals surface area contributed by atoms with Gasteiger partial charge in [0.25, 0.3) is 5.91 Å². The Morgan fingerprint density at radius 2 is 1.68 bits per heavy atom. The summed E-state index contributed by atoms with van der Waals surface area (Å²) in [5.41, 5.74) is 0.535. The number of ether oxygens (including phenoxy) is 1. The third-order valence-electron chi connectivity index (χ3n) is 5.56. The predicted molar refractivity (Wildman–Crippen MR) is 129 cm³/mol. The highest BCUT2D eigenvalue weighted by atomic mass is 16.6. The molecule has 34 heavy (non-hydrogen) atoms. The molecule has 2 aromatic rings. The molecule has 0 spiro atoms. The first kappa shape index (κ1) is 25.3. The maximum Gasteiger partial charge on any atom is 0.410 e. The average Bonchev–Trinajstić information content (AvgIpc) is 3.14. The molecule has 3 rings (SSSR count). The van der Waals surface area contributed by atoms with E-state index in [-0.39, 0.29) is 18.1 Å². The summed E-state index contributed by atoms with van der Waals surface area (Å²) < 4.78 is 7.51. The SMILES string of the molecule is CNC(=O)C(NC(=O)c1nc(-c2ccccc2)n2c1CN(C(=O)OC(C)(C)C)CC2)C(C)(C)C. The number of fused-ring (bicyclic) bond motifs is 1. The first-order chi connectivity index (χ1) is 15.8. The van der Waals surface area contributed by atoms with Crippen molar-refractivity contribution in [1.82, 2.24) is 25.1 Å². The summed E-state index contributed by atoms with van der Waals surface area (Å²) >= 11 is 0. The van der Waals surface area contributed by atoms with E-state index in [9.17, 15) is 14.4 Å². The summed E-state index contributed by atoms with van der Waals surface area (Å²) in [7, 11) is 1.54. The molecule has 2 heterocycles. The molecule has 2 N–H and O–H groups in total. The number of nitrogens with one attached hydrogen (secondary N) is 2. The van der Waals surface area contributed by atoms with Gasteiger partial charge in [-0.1, -0.05) is 51.1 Å². The number of benzene rings is 1. The zero-order valence-electron chi connectivity index (χ0n) is 21.1. The van der Waals surface area contributed by atoms with E-state index in [2.05, 4.69) is 10.6 Å². The van der Waals surface area contributed by atoms with Gasteiger partial charge in [-0.3, -0.25) is 9.59 Å². The molecular weight excluding hydrogens is 434 g/mol. The van der Waals surface area contributed by atoms with Gasteiger partial charge in [0, 0.05) is 25.7 Å². The molecule has 3 amide bonds. The van der Waals surface area contributed by atoms with Crippen molar-refractivity contribution in [3.8, 4) is 11.4 Å². The minimum Gasteiger partial charge on any atom is -0.444 e. The van der Waals surface area contributed by atoms with Gasteiger partial charge in [0.15, 0.2) is 5.69 Å². The second-order valence-electron chi connectivity index (χ2n) is 10.5. The van der Waals surface area contributed by atoms with Crippen LogP contribution in [-0.4, -0.2) is 57.6 Å². The van der Waals surface area contributed by atoms with E-state index in [1.165, 1.54) is 7.05 Å². The van der Waals surface area contributed by atoms with Crippen LogP contribution in [0.2, 0.25) is 0 Å². The van der Waals surface area contributed by atoms with Crippen molar-refractivity contribution in [2.75, 3.05) is 13.6 Å². The Kier molecular flexibility index (Phi) is 7.05. The number of aromatic nitrogens is 2. The minimum atomic E-state index is -0.756. The molecule has 1 aromatic carbocycles. The highest BCUT2D eigenvalue weighted by Gasteiger charge is 2.36. The van der Waals surface area contributed by atoms with Gasteiger partial charge in [-0.05, 0) is 26.2 Å². The maximum atomic E-state index is 13.4. The average molecular weight is 470 g/mol. The second-order valence-corrected chi connectivity index (χ2v) is 10.5. The van der Waals surface area contributed by atoms with E-state index < -0.39 is 29.1 Å². The zero-order chi connectivity index (χ0) is 25.3. The van der Waals surface area contributed by atoms with E-state index in [0.29, 0.717) is 24.6 Å². The minimum absolute atomic E-state index is 0.178. The van der Waals surface area contributed by atoms with E-state index in [1.807, 2.05) is 76.4 Å². The molecular formula is C25H35N5O4. The Morgan fingerprint density at radius 3 is 2.24 bits per heavy atom. The van der Waals surface area contributed by atoms with Crippen LogP contribution in [0.15, 0.2) is 30.3 Å². The summed E-state index contributed by atoms with van der Waals surface area (Å²) in [6.45, 7) is 12.2. The van der Waals surface area contributed by atoms with Crippen LogP contribution in [0, 0.1) is 5.41 Å². The number of carbonyl (C=O) groups excluding carboxylic acids is 3. The Balaban J connectivity index is 2.00. The smallest absolute Gasteiger partial charge is 0.410 e. The summed E-state index contributed by atoms with van der Waals surface area (Å²) in [6.07, 6.45) is -0.439. The third-order valence-corrected chi connectivity index (χ3v) is 5.56. The van der Waals surface area contributed by atoms with Crippen molar-refractivity contribution in [3.05, 3.63) is 41.7 Å².